The van der Waals surface area contributed by atoms with E-state index in [-0.39, 0.29) is 22.4 Å². The third-order valence-corrected chi connectivity index (χ3v) is 5.24. The van der Waals surface area contributed by atoms with Gasteiger partial charge in [-0.25, -0.2) is 4.79 Å². The number of nitrogens with zero attached hydrogens (tertiary/aromatic N) is 2. The molecule has 1 saturated heterocycles. The molecule has 1 aromatic carbocycles. The molecule has 4 nitrogen and oxygen atoms in total. The molecule has 2 amide bonds. The van der Waals surface area contributed by atoms with Gasteiger partial charge in [-0.1, -0.05) is 32.9 Å². The maximum atomic E-state index is 12.5. The lowest BCUT2D eigenvalue weighted by Gasteiger charge is -2.32. The number of rotatable bonds is 1. The summed E-state index contributed by atoms with van der Waals surface area (Å²) < 4.78 is 0. The van der Waals surface area contributed by atoms with Gasteiger partial charge in [-0.3, -0.25) is 4.90 Å². The van der Waals surface area contributed by atoms with Gasteiger partial charge in [-0.15, -0.1) is 11.8 Å². The van der Waals surface area contributed by atoms with Crippen molar-refractivity contribution in [2.75, 3.05) is 11.1 Å². The van der Waals surface area contributed by atoms with Crippen LogP contribution in [0.3, 0.4) is 0 Å². The molecule has 1 aliphatic heterocycles. The predicted molar refractivity (Wildman–Crippen MR) is 91.9 cm³/mol. The van der Waals surface area contributed by atoms with Gasteiger partial charge in [0, 0.05) is 11.4 Å². The zero-order valence-electron chi connectivity index (χ0n) is 13.8. The van der Waals surface area contributed by atoms with E-state index in [1.807, 2.05) is 38.1 Å². The highest BCUT2D eigenvalue weighted by Gasteiger charge is 2.43. The van der Waals surface area contributed by atoms with Gasteiger partial charge in [0.25, 0.3) is 0 Å². The number of carbonyl (C=O) groups is 1. The summed E-state index contributed by atoms with van der Waals surface area (Å²) in [6.07, 6.45) is 0. The van der Waals surface area contributed by atoms with Crippen LogP contribution in [0.4, 0.5) is 10.5 Å². The summed E-state index contributed by atoms with van der Waals surface area (Å²) in [5.74, 6) is 0.653. The first-order valence-electron chi connectivity index (χ1n) is 7.39. The number of hydrogen-bond acceptors (Lipinski definition) is 3. The molecule has 2 rings (SSSR count). The maximum Gasteiger partial charge on any atom is 0.324 e. The first-order chi connectivity index (χ1) is 10.1. The van der Waals surface area contributed by atoms with E-state index in [0.29, 0.717) is 5.75 Å². The quantitative estimate of drug-likeness (QED) is 0.845. The number of nitrogens with one attached hydrogen (secondary N) is 1. The minimum absolute atomic E-state index is 0.0853. The van der Waals surface area contributed by atoms with E-state index in [1.54, 1.807) is 16.7 Å². The van der Waals surface area contributed by atoms with E-state index >= 15 is 0 Å². The van der Waals surface area contributed by atoms with Crippen LogP contribution >= 0.6 is 11.8 Å². The van der Waals surface area contributed by atoms with Crippen LogP contribution in [-0.2, 0) is 5.41 Å². The number of urea groups is 1. The van der Waals surface area contributed by atoms with Crippen molar-refractivity contribution in [3.8, 4) is 6.07 Å². The Labute approximate surface area is 136 Å². The monoisotopic (exact) mass is 317 g/mol. The number of nitriles is 1. The van der Waals surface area contributed by atoms with Gasteiger partial charge in [0.1, 0.15) is 6.04 Å². The normalized spacial score (nSPS) is 20.5. The molecule has 1 aromatic rings. The third kappa shape index (κ3) is 3.38. The van der Waals surface area contributed by atoms with Crippen LogP contribution in [0, 0.1) is 11.3 Å². The molecule has 1 N–H and O–H groups in total. The Morgan fingerprint density at radius 3 is 2.45 bits per heavy atom. The van der Waals surface area contributed by atoms with E-state index in [1.165, 1.54) is 5.56 Å². The van der Waals surface area contributed by atoms with Crippen LogP contribution in [-0.4, -0.2) is 27.6 Å². The summed E-state index contributed by atoms with van der Waals surface area (Å²) >= 11 is 1.63. The predicted octanol–water partition coefficient (Wildman–Crippen LogP) is 4.19. The Balaban J connectivity index is 2.13. The van der Waals surface area contributed by atoms with E-state index < -0.39 is 0 Å². The number of hydrogen-bond donors (Lipinski definition) is 1. The summed E-state index contributed by atoms with van der Waals surface area (Å²) in [7, 11) is 0. The summed E-state index contributed by atoms with van der Waals surface area (Å²) in [6.45, 7) is 10.4. The lowest BCUT2D eigenvalue weighted by Crippen LogP contribution is -2.48. The molecule has 0 spiro atoms. The molecule has 1 fully saturated rings. The summed E-state index contributed by atoms with van der Waals surface area (Å²) in [4.78, 5) is 13.8. The summed E-state index contributed by atoms with van der Waals surface area (Å²) in [6, 6.07) is 9.49. The Bertz CT molecular complexity index is 596. The molecule has 22 heavy (non-hydrogen) atoms. The van der Waals surface area contributed by atoms with Crippen molar-refractivity contribution < 1.29 is 4.79 Å². The van der Waals surface area contributed by atoms with Crippen LogP contribution in [0.2, 0.25) is 0 Å². The van der Waals surface area contributed by atoms with Crippen LogP contribution in [0.15, 0.2) is 24.3 Å². The second kappa shape index (κ2) is 5.85. The first-order valence-corrected chi connectivity index (χ1v) is 8.38. The van der Waals surface area contributed by atoms with Gasteiger partial charge in [-0.2, -0.15) is 5.26 Å². The number of anilines is 1. The number of amides is 2. The smallest absolute Gasteiger partial charge is 0.308 e. The van der Waals surface area contributed by atoms with Crippen LogP contribution in [0.5, 0.6) is 0 Å². The minimum Gasteiger partial charge on any atom is -0.308 e. The van der Waals surface area contributed by atoms with Crippen molar-refractivity contribution >= 4 is 23.5 Å². The van der Waals surface area contributed by atoms with Crippen LogP contribution in [0.25, 0.3) is 0 Å². The van der Waals surface area contributed by atoms with Crippen molar-refractivity contribution in [1.82, 2.24) is 4.90 Å². The van der Waals surface area contributed by atoms with Gasteiger partial charge >= 0.3 is 6.03 Å². The van der Waals surface area contributed by atoms with Crippen LogP contribution < -0.4 is 5.32 Å². The second-order valence-corrected chi connectivity index (χ2v) is 8.65. The van der Waals surface area contributed by atoms with Gasteiger partial charge in [-0.05, 0) is 37.0 Å². The Morgan fingerprint density at radius 2 is 1.95 bits per heavy atom. The van der Waals surface area contributed by atoms with E-state index in [0.717, 1.165) is 5.69 Å². The van der Waals surface area contributed by atoms with Gasteiger partial charge in [0.15, 0.2) is 0 Å². The molecule has 0 saturated carbocycles. The first kappa shape index (κ1) is 16.7. The third-order valence-electron chi connectivity index (χ3n) is 3.86. The molecule has 1 heterocycles. The van der Waals surface area contributed by atoms with Gasteiger partial charge in [0.05, 0.1) is 10.9 Å². The fourth-order valence-electron chi connectivity index (χ4n) is 2.52. The molecule has 1 atom stereocenters. The van der Waals surface area contributed by atoms with Crippen molar-refractivity contribution in [3.63, 3.8) is 0 Å². The van der Waals surface area contributed by atoms with E-state index in [9.17, 15) is 10.1 Å². The molecular formula is C17H23N3OS. The molecular weight excluding hydrogens is 294 g/mol. The van der Waals surface area contributed by atoms with Crippen molar-refractivity contribution in [1.29, 1.82) is 5.26 Å². The van der Waals surface area contributed by atoms with Gasteiger partial charge in [0.2, 0.25) is 0 Å². The largest absolute Gasteiger partial charge is 0.324 e. The SMILES string of the molecule is CC(C)(C)c1ccc(NC(=O)N2C(C#N)CSC2(C)C)cc1. The average Bonchev–Trinajstić information content (AvgIpc) is 2.73. The molecule has 5 heteroatoms. The molecule has 118 valence electrons. The maximum absolute atomic E-state index is 12.5. The number of thioether (sulfide) groups is 1. The number of benzene rings is 1. The average molecular weight is 317 g/mol. The molecule has 0 radical (unpaired) electrons. The fraction of sp³-hybridized carbons (Fsp3) is 0.529. The Hall–Kier alpha value is -1.67. The highest BCUT2D eigenvalue weighted by molar-refractivity contribution is 8.00. The zero-order valence-corrected chi connectivity index (χ0v) is 14.6. The van der Waals surface area contributed by atoms with Crippen molar-refractivity contribution in [3.05, 3.63) is 29.8 Å². The van der Waals surface area contributed by atoms with E-state index in [4.69, 9.17) is 0 Å². The second-order valence-electron chi connectivity index (χ2n) is 7.03. The topological polar surface area (TPSA) is 56.1 Å². The molecule has 0 aromatic heterocycles. The van der Waals surface area contributed by atoms with Gasteiger partial charge < -0.3 is 5.32 Å². The lowest BCUT2D eigenvalue weighted by atomic mass is 9.87. The van der Waals surface area contributed by atoms with Crippen molar-refractivity contribution in [2.45, 2.75) is 50.9 Å². The molecule has 1 unspecified atom stereocenters. The lowest BCUT2D eigenvalue weighted by molar-refractivity contribution is 0.185. The highest BCUT2D eigenvalue weighted by atomic mass is 32.2. The van der Waals surface area contributed by atoms with Crippen LogP contribution in [0.1, 0.15) is 40.2 Å². The zero-order chi connectivity index (χ0) is 16.5. The fourth-order valence-corrected chi connectivity index (χ4v) is 3.66. The van der Waals surface area contributed by atoms with Crippen molar-refractivity contribution in [2.24, 2.45) is 0 Å². The minimum atomic E-state index is -0.381. The molecule has 0 aliphatic carbocycles. The molecule has 1 aliphatic rings. The summed E-state index contributed by atoms with van der Waals surface area (Å²) in [5, 5.41) is 12.1. The van der Waals surface area contributed by atoms with E-state index in [2.05, 4.69) is 32.2 Å². The standard InChI is InChI=1S/C17H23N3OS/c1-16(2,3)12-6-8-13(9-7-12)19-15(21)20-14(10-18)11-22-17(20,4)5/h6-9,14H,11H2,1-5H3,(H,19,21). The number of carbonyl (C=O) groups excluding carboxylic acids is 1. The highest BCUT2D eigenvalue weighted by Crippen LogP contribution is 2.39. The summed E-state index contributed by atoms with van der Waals surface area (Å²) in [5.41, 5.74) is 2.06. The Kier molecular flexibility index (Phi) is 4.44. The molecule has 0 bridgehead atoms. The Morgan fingerprint density at radius 1 is 1.36 bits per heavy atom.